The molecule has 0 atom stereocenters. The van der Waals surface area contributed by atoms with Gasteiger partial charge in [-0.25, -0.2) is 4.79 Å². The van der Waals surface area contributed by atoms with Gasteiger partial charge < -0.3 is 15.4 Å². The van der Waals surface area contributed by atoms with Crippen LogP contribution in [0.2, 0.25) is 0 Å². The zero-order valence-electron chi connectivity index (χ0n) is 12.8. The van der Waals surface area contributed by atoms with Gasteiger partial charge in [-0.2, -0.15) is 0 Å². The molecule has 0 saturated carbocycles. The second kappa shape index (κ2) is 7.15. The van der Waals surface area contributed by atoms with Crippen molar-refractivity contribution in [2.45, 2.75) is 13.1 Å². The number of hydrogen-bond acceptors (Lipinski definition) is 3. The molecule has 1 heterocycles. The average molecular weight is 326 g/mol. The van der Waals surface area contributed by atoms with Crippen LogP contribution >= 0.6 is 11.3 Å². The lowest BCUT2D eigenvalue weighted by atomic mass is 10.2. The summed E-state index contributed by atoms with van der Waals surface area (Å²) in [5, 5.41) is 9.05. The van der Waals surface area contributed by atoms with E-state index < -0.39 is 0 Å². The maximum Gasteiger partial charge on any atom is 0.315 e. The van der Waals surface area contributed by atoms with Gasteiger partial charge in [-0.05, 0) is 40.1 Å². The molecule has 0 aliphatic heterocycles. The van der Waals surface area contributed by atoms with Crippen molar-refractivity contribution in [3.05, 3.63) is 65.0 Å². The van der Waals surface area contributed by atoms with E-state index in [2.05, 4.69) is 28.1 Å². The fourth-order valence-electron chi connectivity index (χ4n) is 2.37. The fourth-order valence-corrected chi connectivity index (χ4v) is 3.34. The third-order valence-corrected chi connectivity index (χ3v) is 4.60. The van der Waals surface area contributed by atoms with Crippen LogP contribution in [0.4, 0.5) is 4.79 Å². The number of carbonyl (C=O) groups is 1. The number of amides is 2. The number of fused-ring (bicyclic) bond motifs is 1. The molecule has 4 nitrogen and oxygen atoms in total. The minimum absolute atomic E-state index is 0.178. The van der Waals surface area contributed by atoms with Crippen molar-refractivity contribution in [1.29, 1.82) is 0 Å². The van der Waals surface area contributed by atoms with Crippen LogP contribution in [-0.2, 0) is 13.1 Å². The largest absolute Gasteiger partial charge is 0.497 e. The quantitative estimate of drug-likeness (QED) is 0.747. The summed E-state index contributed by atoms with van der Waals surface area (Å²) < 4.78 is 6.41. The monoisotopic (exact) mass is 326 g/mol. The Bertz CT molecular complexity index is 813. The Hall–Kier alpha value is -2.53. The van der Waals surface area contributed by atoms with Crippen molar-refractivity contribution in [3.63, 3.8) is 0 Å². The molecular formula is C18H18N2O2S. The van der Waals surface area contributed by atoms with Crippen LogP contribution in [0, 0.1) is 0 Å². The first-order chi connectivity index (χ1) is 11.3. The smallest absolute Gasteiger partial charge is 0.315 e. The highest BCUT2D eigenvalue weighted by atomic mass is 32.1. The van der Waals surface area contributed by atoms with Gasteiger partial charge in [-0.3, -0.25) is 0 Å². The van der Waals surface area contributed by atoms with Crippen LogP contribution in [0.3, 0.4) is 0 Å². The lowest BCUT2D eigenvalue weighted by molar-refractivity contribution is 0.240. The van der Waals surface area contributed by atoms with E-state index in [0.29, 0.717) is 13.1 Å². The number of carbonyl (C=O) groups excluding carboxylic acids is 1. The summed E-state index contributed by atoms with van der Waals surface area (Å²) in [4.78, 5) is 12.0. The molecule has 0 radical (unpaired) electrons. The predicted molar refractivity (Wildman–Crippen MR) is 93.9 cm³/mol. The van der Waals surface area contributed by atoms with Crippen LogP contribution in [-0.4, -0.2) is 13.1 Å². The van der Waals surface area contributed by atoms with E-state index in [-0.39, 0.29) is 6.03 Å². The Balaban J connectivity index is 1.53. The summed E-state index contributed by atoms with van der Waals surface area (Å²) in [5.74, 6) is 0.787. The molecule has 3 aromatic rings. The minimum atomic E-state index is -0.178. The van der Waals surface area contributed by atoms with Gasteiger partial charge >= 0.3 is 6.03 Å². The van der Waals surface area contributed by atoms with E-state index in [0.717, 1.165) is 16.9 Å². The highest BCUT2D eigenvalue weighted by molar-refractivity contribution is 7.17. The van der Waals surface area contributed by atoms with Crippen LogP contribution in [0.25, 0.3) is 10.1 Å². The molecule has 0 bridgehead atoms. The van der Waals surface area contributed by atoms with Gasteiger partial charge in [0.15, 0.2) is 0 Å². The number of thiophene rings is 1. The average Bonchev–Trinajstić information content (AvgIpc) is 3.01. The molecule has 0 unspecified atom stereocenters. The van der Waals surface area contributed by atoms with Crippen molar-refractivity contribution in [1.82, 2.24) is 10.6 Å². The molecule has 23 heavy (non-hydrogen) atoms. The first-order valence-corrected chi connectivity index (χ1v) is 8.24. The van der Waals surface area contributed by atoms with Crippen molar-refractivity contribution in [3.8, 4) is 5.75 Å². The number of rotatable bonds is 5. The first kappa shape index (κ1) is 15.4. The van der Waals surface area contributed by atoms with E-state index in [9.17, 15) is 4.79 Å². The summed E-state index contributed by atoms with van der Waals surface area (Å²) in [6.07, 6.45) is 0. The Kier molecular flexibility index (Phi) is 4.78. The molecule has 0 saturated heterocycles. The maximum absolute atomic E-state index is 12.0. The molecule has 0 aliphatic rings. The highest BCUT2D eigenvalue weighted by Crippen LogP contribution is 2.25. The third kappa shape index (κ3) is 3.81. The topological polar surface area (TPSA) is 50.4 Å². The zero-order valence-corrected chi connectivity index (χ0v) is 13.7. The summed E-state index contributed by atoms with van der Waals surface area (Å²) in [7, 11) is 1.63. The molecule has 2 amide bonds. The Labute approximate surface area is 139 Å². The van der Waals surface area contributed by atoms with E-state index >= 15 is 0 Å². The zero-order chi connectivity index (χ0) is 16.1. The summed E-state index contributed by atoms with van der Waals surface area (Å²) in [5.41, 5.74) is 2.14. The maximum atomic E-state index is 12.0. The van der Waals surface area contributed by atoms with Crippen LogP contribution in [0.1, 0.15) is 11.1 Å². The molecule has 1 aromatic heterocycles. The molecule has 3 rings (SSSR count). The summed E-state index contributed by atoms with van der Waals surface area (Å²) in [6.45, 7) is 0.987. The number of methoxy groups -OCH3 is 1. The SMILES string of the molecule is COc1cccc(CNC(=O)NCc2csc3ccccc23)c1. The van der Waals surface area contributed by atoms with Gasteiger partial charge in [0.2, 0.25) is 0 Å². The Morgan fingerprint density at radius 2 is 1.91 bits per heavy atom. The number of urea groups is 1. The Morgan fingerprint density at radius 3 is 2.78 bits per heavy atom. The lowest BCUT2D eigenvalue weighted by Gasteiger charge is -2.08. The first-order valence-electron chi connectivity index (χ1n) is 7.36. The van der Waals surface area contributed by atoms with Crippen molar-refractivity contribution in [2.75, 3.05) is 7.11 Å². The van der Waals surface area contributed by atoms with E-state index in [1.807, 2.05) is 36.4 Å². The van der Waals surface area contributed by atoms with E-state index in [4.69, 9.17) is 4.74 Å². The normalized spacial score (nSPS) is 10.5. The van der Waals surface area contributed by atoms with Gasteiger partial charge in [-0.15, -0.1) is 11.3 Å². The number of benzene rings is 2. The lowest BCUT2D eigenvalue weighted by Crippen LogP contribution is -2.34. The molecule has 0 aliphatic carbocycles. The van der Waals surface area contributed by atoms with Crippen molar-refractivity contribution >= 4 is 27.5 Å². The Morgan fingerprint density at radius 1 is 1.09 bits per heavy atom. The fraction of sp³-hybridized carbons (Fsp3) is 0.167. The van der Waals surface area contributed by atoms with Gasteiger partial charge in [0.1, 0.15) is 5.75 Å². The third-order valence-electron chi connectivity index (χ3n) is 3.59. The van der Waals surface area contributed by atoms with Crippen LogP contribution in [0.15, 0.2) is 53.9 Å². The van der Waals surface area contributed by atoms with Gasteiger partial charge in [0, 0.05) is 17.8 Å². The number of nitrogens with one attached hydrogen (secondary N) is 2. The second-order valence-electron chi connectivity index (χ2n) is 5.14. The van der Waals surface area contributed by atoms with Gasteiger partial charge in [0.25, 0.3) is 0 Å². The number of hydrogen-bond donors (Lipinski definition) is 2. The van der Waals surface area contributed by atoms with Crippen molar-refractivity contribution in [2.24, 2.45) is 0 Å². The second-order valence-corrected chi connectivity index (χ2v) is 6.06. The molecule has 0 fully saturated rings. The molecule has 5 heteroatoms. The van der Waals surface area contributed by atoms with Crippen LogP contribution < -0.4 is 15.4 Å². The number of ether oxygens (including phenoxy) is 1. The highest BCUT2D eigenvalue weighted by Gasteiger charge is 2.05. The summed E-state index contributed by atoms with van der Waals surface area (Å²) >= 11 is 1.69. The molecule has 118 valence electrons. The standard InChI is InChI=1S/C18H18N2O2S/c1-22-15-6-4-5-13(9-15)10-19-18(21)20-11-14-12-23-17-8-3-2-7-16(14)17/h2-9,12H,10-11H2,1H3,(H2,19,20,21). The van der Waals surface area contributed by atoms with E-state index in [1.165, 1.54) is 10.1 Å². The molecule has 0 spiro atoms. The van der Waals surface area contributed by atoms with Gasteiger partial charge in [0.05, 0.1) is 7.11 Å². The molecule has 2 N–H and O–H groups in total. The van der Waals surface area contributed by atoms with Gasteiger partial charge in [-0.1, -0.05) is 30.3 Å². The summed E-state index contributed by atoms with van der Waals surface area (Å²) in [6, 6.07) is 15.7. The molecular weight excluding hydrogens is 308 g/mol. The van der Waals surface area contributed by atoms with Crippen molar-refractivity contribution < 1.29 is 9.53 Å². The van der Waals surface area contributed by atoms with Crippen LogP contribution in [0.5, 0.6) is 5.75 Å². The van der Waals surface area contributed by atoms with E-state index in [1.54, 1.807) is 18.4 Å². The minimum Gasteiger partial charge on any atom is -0.497 e. The predicted octanol–water partition coefficient (Wildman–Crippen LogP) is 3.91. The molecule has 2 aromatic carbocycles.